The van der Waals surface area contributed by atoms with Gasteiger partial charge in [0.2, 0.25) is 0 Å². The molecule has 1 aromatic carbocycles. The summed E-state index contributed by atoms with van der Waals surface area (Å²) in [6.07, 6.45) is 5.48. The van der Waals surface area contributed by atoms with E-state index in [0.717, 1.165) is 30.4 Å². The van der Waals surface area contributed by atoms with E-state index in [2.05, 4.69) is 20.6 Å². The lowest BCUT2D eigenvalue weighted by molar-refractivity contribution is 0.0721. The van der Waals surface area contributed by atoms with Crippen LogP contribution in [0.5, 0.6) is 0 Å². The van der Waals surface area contributed by atoms with E-state index in [-0.39, 0.29) is 11.9 Å². The van der Waals surface area contributed by atoms with Gasteiger partial charge in [0.15, 0.2) is 0 Å². The molecule has 0 aliphatic carbocycles. The van der Waals surface area contributed by atoms with Gasteiger partial charge >= 0.3 is 0 Å². The molecule has 1 aliphatic rings. The van der Waals surface area contributed by atoms with Crippen LogP contribution < -0.4 is 0 Å². The molecule has 1 aliphatic heterocycles. The number of hydrogen-bond acceptors (Lipinski definition) is 5. The summed E-state index contributed by atoms with van der Waals surface area (Å²) in [5.74, 6) is 0.0418. The fourth-order valence-electron chi connectivity index (χ4n) is 3.18. The van der Waals surface area contributed by atoms with Crippen molar-refractivity contribution < 1.29 is 4.79 Å². The molecule has 0 N–H and O–H groups in total. The van der Waals surface area contributed by atoms with Crippen LogP contribution in [-0.4, -0.2) is 53.4 Å². The van der Waals surface area contributed by atoms with Crippen LogP contribution in [0, 0.1) is 0 Å². The molecular formula is C15H17N7O. The molecule has 1 amide bonds. The molecule has 3 aromatic rings. The SMILES string of the molecule is Cn1nnc2cc(C(=O)N3CCC[C@H]3Cn3ccnn3)ccc21. The van der Waals surface area contributed by atoms with Gasteiger partial charge in [-0.1, -0.05) is 10.4 Å². The number of hydrogen-bond donors (Lipinski definition) is 0. The Morgan fingerprint density at radius 2 is 2.26 bits per heavy atom. The minimum Gasteiger partial charge on any atom is -0.334 e. The first-order valence-corrected chi connectivity index (χ1v) is 7.67. The molecular weight excluding hydrogens is 294 g/mol. The van der Waals surface area contributed by atoms with Gasteiger partial charge in [-0.15, -0.1) is 10.2 Å². The van der Waals surface area contributed by atoms with E-state index in [9.17, 15) is 4.79 Å². The van der Waals surface area contributed by atoms with Crippen molar-refractivity contribution in [3.8, 4) is 0 Å². The Hall–Kier alpha value is -2.77. The molecule has 8 nitrogen and oxygen atoms in total. The Morgan fingerprint density at radius 1 is 1.35 bits per heavy atom. The van der Waals surface area contributed by atoms with Crippen LogP contribution in [-0.2, 0) is 13.6 Å². The highest BCUT2D eigenvalue weighted by Gasteiger charge is 2.30. The van der Waals surface area contributed by atoms with Gasteiger partial charge in [0.05, 0.1) is 24.3 Å². The molecule has 1 atom stereocenters. The fourth-order valence-corrected chi connectivity index (χ4v) is 3.18. The maximum Gasteiger partial charge on any atom is 0.254 e. The number of carbonyl (C=O) groups excluding carboxylic acids is 1. The van der Waals surface area contributed by atoms with Crippen LogP contribution >= 0.6 is 0 Å². The van der Waals surface area contributed by atoms with Crippen molar-refractivity contribution in [2.45, 2.75) is 25.4 Å². The van der Waals surface area contributed by atoms with Gasteiger partial charge in [0.25, 0.3) is 5.91 Å². The maximum absolute atomic E-state index is 12.9. The van der Waals surface area contributed by atoms with Crippen molar-refractivity contribution in [1.29, 1.82) is 0 Å². The lowest BCUT2D eigenvalue weighted by Gasteiger charge is -2.24. The van der Waals surface area contributed by atoms with Gasteiger partial charge in [0, 0.05) is 25.4 Å². The smallest absolute Gasteiger partial charge is 0.254 e. The van der Waals surface area contributed by atoms with E-state index in [1.54, 1.807) is 15.6 Å². The van der Waals surface area contributed by atoms with Gasteiger partial charge in [-0.3, -0.25) is 9.48 Å². The Balaban J connectivity index is 1.58. The number of aromatic nitrogens is 6. The predicted molar refractivity (Wildman–Crippen MR) is 82.6 cm³/mol. The zero-order chi connectivity index (χ0) is 15.8. The molecule has 118 valence electrons. The van der Waals surface area contributed by atoms with Crippen LogP contribution in [0.2, 0.25) is 0 Å². The molecule has 0 unspecified atom stereocenters. The van der Waals surface area contributed by atoms with E-state index >= 15 is 0 Å². The normalized spacial score (nSPS) is 18.0. The number of nitrogens with zero attached hydrogens (tertiary/aromatic N) is 7. The van der Waals surface area contributed by atoms with Crippen molar-refractivity contribution in [1.82, 2.24) is 34.9 Å². The quantitative estimate of drug-likeness (QED) is 0.716. The minimum atomic E-state index is 0.0418. The second-order valence-corrected chi connectivity index (χ2v) is 5.84. The van der Waals surface area contributed by atoms with Gasteiger partial charge in [-0.2, -0.15) is 0 Å². The first-order chi connectivity index (χ1) is 11.2. The Bertz CT molecular complexity index is 839. The molecule has 3 heterocycles. The number of aryl methyl sites for hydroxylation is 1. The molecule has 23 heavy (non-hydrogen) atoms. The number of rotatable bonds is 3. The number of carbonyl (C=O) groups is 1. The zero-order valence-corrected chi connectivity index (χ0v) is 12.8. The highest BCUT2D eigenvalue weighted by Crippen LogP contribution is 2.22. The highest BCUT2D eigenvalue weighted by atomic mass is 16.2. The minimum absolute atomic E-state index is 0.0418. The lowest BCUT2D eigenvalue weighted by Crippen LogP contribution is -2.38. The van der Waals surface area contributed by atoms with Crippen LogP contribution in [0.15, 0.2) is 30.6 Å². The van der Waals surface area contributed by atoms with Crippen LogP contribution in [0.4, 0.5) is 0 Å². The topological polar surface area (TPSA) is 81.7 Å². The second kappa shape index (κ2) is 5.45. The van der Waals surface area contributed by atoms with Gasteiger partial charge in [-0.25, -0.2) is 4.68 Å². The van der Waals surface area contributed by atoms with Crippen molar-refractivity contribution in [2.24, 2.45) is 7.05 Å². The van der Waals surface area contributed by atoms with Crippen LogP contribution in [0.25, 0.3) is 11.0 Å². The summed E-state index contributed by atoms with van der Waals surface area (Å²) < 4.78 is 3.48. The van der Waals surface area contributed by atoms with Crippen molar-refractivity contribution in [2.75, 3.05) is 6.54 Å². The van der Waals surface area contributed by atoms with Crippen LogP contribution in [0.1, 0.15) is 23.2 Å². The largest absolute Gasteiger partial charge is 0.334 e. The number of fused-ring (bicyclic) bond motifs is 1. The third kappa shape index (κ3) is 2.45. The average Bonchev–Trinajstić information content (AvgIpc) is 3.29. The highest BCUT2D eigenvalue weighted by molar-refractivity contribution is 5.97. The number of likely N-dealkylation sites (tertiary alicyclic amines) is 1. The first-order valence-electron chi connectivity index (χ1n) is 7.67. The van der Waals surface area contributed by atoms with Crippen molar-refractivity contribution in [3.05, 3.63) is 36.2 Å². The molecule has 0 saturated carbocycles. The van der Waals surface area contributed by atoms with E-state index < -0.39 is 0 Å². The molecule has 1 fully saturated rings. The van der Waals surface area contributed by atoms with E-state index in [1.165, 1.54) is 0 Å². The molecule has 2 aromatic heterocycles. The summed E-state index contributed by atoms with van der Waals surface area (Å²) in [5.41, 5.74) is 2.32. The third-order valence-electron chi connectivity index (χ3n) is 4.37. The first kappa shape index (κ1) is 13.9. The standard InChI is InChI=1S/C15H17N7O/c1-20-14-5-4-11(9-13(14)17-19-20)15(23)22-7-2-3-12(22)10-21-8-6-16-18-21/h4-6,8-9,12H,2-3,7,10H2,1H3/t12-/m0/s1. The van der Waals surface area contributed by atoms with Crippen molar-refractivity contribution in [3.63, 3.8) is 0 Å². The predicted octanol–water partition coefficient (Wildman–Crippen LogP) is 0.865. The van der Waals surface area contributed by atoms with E-state index in [4.69, 9.17) is 0 Å². The van der Waals surface area contributed by atoms with Gasteiger partial charge < -0.3 is 4.90 Å². The van der Waals surface area contributed by atoms with Gasteiger partial charge in [0.1, 0.15) is 5.52 Å². The fraction of sp³-hybridized carbons (Fsp3) is 0.400. The molecule has 4 rings (SSSR count). The van der Waals surface area contributed by atoms with E-state index in [1.807, 2.05) is 36.3 Å². The average molecular weight is 311 g/mol. The lowest BCUT2D eigenvalue weighted by atomic mass is 10.1. The molecule has 8 heteroatoms. The zero-order valence-electron chi connectivity index (χ0n) is 12.8. The second-order valence-electron chi connectivity index (χ2n) is 5.84. The Labute approximate surface area is 132 Å². The van der Waals surface area contributed by atoms with Crippen molar-refractivity contribution >= 4 is 16.9 Å². The van der Waals surface area contributed by atoms with E-state index in [0.29, 0.717) is 12.1 Å². The Morgan fingerprint density at radius 3 is 3.09 bits per heavy atom. The number of benzene rings is 1. The summed E-state index contributed by atoms with van der Waals surface area (Å²) in [5, 5.41) is 15.9. The third-order valence-corrected chi connectivity index (χ3v) is 4.37. The Kier molecular flexibility index (Phi) is 3.29. The van der Waals surface area contributed by atoms with Gasteiger partial charge in [-0.05, 0) is 31.0 Å². The molecule has 0 radical (unpaired) electrons. The summed E-state index contributed by atoms with van der Waals surface area (Å²) in [6.45, 7) is 1.45. The maximum atomic E-state index is 12.9. The summed E-state index contributed by atoms with van der Waals surface area (Å²) in [7, 11) is 1.84. The summed E-state index contributed by atoms with van der Waals surface area (Å²) >= 11 is 0. The summed E-state index contributed by atoms with van der Waals surface area (Å²) in [4.78, 5) is 14.8. The molecule has 1 saturated heterocycles. The number of amides is 1. The molecule has 0 spiro atoms. The van der Waals surface area contributed by atoms with Crippen LogP contribution in [0.3, 0.4) is 0 Å². The monoisotopic (exact) mass is 311 g/mol. The molecule has 0 bridgehead atoms. The summed E-state index contributed by atoms with van der Waals surface area (Å²) in [6, 6.07) is 5.71.